The van der Waals surface area contributed by atoms with Gasteiger partial charge < -0.3 is 19.7 Å². The first-order valence-electron chi connectivity index (χ1n) is 15.4. The molecule has 0 bridgehead atoms. The first-order valence-corrected chi connectivity index (χ1v) is 17.3. The van der Waals surface area contributed by atoms with E-state index in [1.165, 1.54) is 11.1 Å². The van der Waals surface area contributed by atoms with Crippen LogP contribution in [0.5, 0.6) is 17.2 Å². The third kappa shape index (κ3) is 9.97. The second kappa shape index (κ2) is 15.3. The summed E-state index contributed by atoms with van der Waals surface area (Å²) in [4.78, 5) is 2.35. The smallest absolute Gasteiger partial charge is 0.229 e. The molecule has 9 heteroatoms. The summed E-state index contributed by atoms with van der Waals surface area (Å²) in [7, 11) is -3.57. The van der Waals surface area contributed by atoms with Crippen molar-refractivity contribution in [3.8, 4) is 17.2 Å². The standard InChI is InChI=1S/C36H42N2O6S/c1-45(41,42)37-35-22-34(20-21-36(35)44-25-28-10-6-3-7-11-28)43-26-33(40)24-38(23-27-8-4-2-5-9-27)31-16-12-29(13-17-31)30-14-18-32(39)19-15-30/h2-11,14-15,18-22,29,31,33,37,39-40H,12-13,16-17,23-26H2,1H3/t29?,31?,33-/m0/s1. The predicted molar refractivity (Wildman–Crippen MR) is 177 cm³/mol. The topological polar surface area (TPSA) is 108 Å². The number of benzene rings is 4. The SMILES string of the molecule is CS(=O)(=O)Nc1cc(OC[C@@H](O)CN(Cc2ccccc2)C2CCC(c3ccc(O)cc3)CC2)ccc1OCc1ccccc1. The number of hydrogen-bond acceptors (Lipinski definition) is 7. The van der Waals surface area contributed by atoms with E-state index < -0.39 is 16.1 Å². The highest BCUT2D eigenvalue weighted by Gasteiger charge is 2.28. The molecule has 1 atom stereocenters. The van der Waals surface area contributed by atoms with Crippen molar-refractivity contribution in [1.29, 1.82) is 0 Å². The summed E-state index contributed by atoms with van der Waals surface area (Å²) in [6.45, 7) is 1.50. The second-order valence-electron chi connectivity index (χ2n) is 11.8. The van der Waals surface area contributed by atoms with Gasteiger partial charge in [0.25, 0.3) is 0 Å². The van der Waals surface area contributed by atoms with Gasteiger partial charge in [-0.2, -0.15) is 0 Å². The van der Waals surface area contributed by atoms with Crippen LogP contribution in [0.3, 0.4) is 0 Å². The molecule has 0 radical (unpaired) electrons. The fourth-order valence-electron chi connectivity index (χ4n) is 5.94. The number of ether oxygens (including phenoxy) is 2. The molecule has 4 aromatic rings. The van der Waals surface area contributed by atoms with Crippen LogP contribution in [0.25, 0.3) is 0 Å². The first-order chi connectivity index (χ1) is 21.7. The Morgan fingerprint density at radius 1 is 0.844 bits per heavy atom. The normalized spacial score (nSPS) is 17.5. The number of nitrogens with zero attached hydrogens (tertiary/aromatic N) is 1. The molecule has 3 N–H and O–H groups in total. The van der Waals surface area contributed by atoms with Crippen molar-refractivity contribution in [3.05, 3.63) is 120 Å². The number of sulfonamides is 1. The molecule has 0 amide bonds. The van der Waals surface area contributed by atoms with Gasteiger partial charge in [-0.15, -0.1) is 0 Å². The van der Waals surface area contributed by atoms with Gasteiger partial charge in [-0.25, -0.2) is 8.42 Å². The maximum absolute atomic E-state index is 12.1. The molecule has 0 heterocycles. The van der Waals surface area contributed by atoms with Crippen molar-refractivity contribution in [2.75, 3.05) is 24.1 Å². The number of hydrogen-bond donors (Lipinski definition) is 3. The average Bonchev–Trinajstić information content (AvgIpc) is 3.04. The molecule has 0 aliphatic heterocycles. The minimum absolute atomic E-state index is 0.0523. The lowest BCUT2D eigenvalue weighted by atomic mass is 9.81. The van der Waals surface area contributed by atoms with E-state index in [9.17, 15) is 18.6 Å². The zero-order valence-corrected chi connectivity index (χ0v) is 26.4. The van der Waals surface area contributed by atoms with Gasteiger partial charge in [0.1, 0.15) is 36.6 Å². The highest BCUT2D eigenvalue weighted by Crippen LogP contribution is 2.36. The summed E-state index contributed by atoms with van der Waals surface area (Å²) >= 11 is 0. The van der Waals surface area contributed by atoms with Crippen LogP contribution in [-0.2, 0) is 23.2 Å². The Morgan fingerprint density at radius 2 is 1.49 bits per heavy atom. The number of aromatic hydroxyl groups is 1. The maximum Gasteiger partial charge on any atom is 0.229 e. The molecule has 0 aromatic heterocycles. The summed E-state index contributed by atoms with van der Waals surface area (Å²) in [6.07, 6.45) is 4.44. The van der Waals surface area contributed by atoms with Crippen molar-refractivity contribution in [2.45, 2.75) is 56.9 Å². The summed E-state index contributed by atoms with van der Waals surface area (Å²) in [6, 6.07) is 32.7. The minimum atomic E-state index is -3.57. The van der Waals surface area contributed by atoms with Crippen LogP contribution < -0.4 is 14.2 Å². The van der Waals surface area contributed by atoms with Gasteiger partial charge in [0.15, 0.2) is 0 Å². The van der Waals surface area contributed by atoms with E-state index in [4.69, 9.17) is 9.47 Å². The molecule has 0 saturated heterocycles. The van der Waals surface area contributed by atoms with E-state index >= 15 is 0 Å². The molecule has 1 saturated carbocycles. The summed E-state index contributed by atoms with van der Waals surface area (Å²) in [5, 5.41) is 20.8. The molecule has 5 rings (SSSR count). The van der Waals surface area contributed by atoms with Crippen molar-refractivity contribution in [2.24, 2.45) is 0 Å². The molecule has 4 aromatic carbocycles. The monoisotopic (exact) mass is 630 g/mol. The number of phenols is 1. The van der Waals surface area contributed by atoms with Gasteiger partial charge in [-0.05, 0) is 72.6 Å². The fourth-order valence-corrected chi connectivity index (χ4v) is 6.50. The number of anilines is 1. The fraction of sp³-hybridized carbons (Fsp3) is 0.333. The minimum Gasteiger partial charge on any atom is -0.508 e. The quantitative estimate of drug-likeness (QED) is 0.150. The average molecular weight is 631 g/mol. The Balaban J connectivity index is 1.22. The Labute approximate surface area is 266 Å². The zero-order chi connectivity index (χ0) is 31.6. The third-order valence-corrected chi connectivity index (χ3v) is 8.77. The Hall–Kier alpha value is -4.05. The molecule has 8 nitrogen and oxygen atoms in total. The van der Waals surface area contributed by atoms with Crippen molar-refractivity contribution in [1.82, 2.24) is 4.90 Å². The maximum atomic E-state index is 12.1. The summed E-state index contributed by atoms with van der Waals surface area (Å²) in [5.74, 6) is 1.56. The molecule has 1 aliphatic rings. The highest BCUT2D eigenvalue weighted by atomic mass is 32.2. The second-order valence-corrected chi connectivity index (χ2v) is 13.5. The molecule has 238 valence electrons. The number of aliphatic hydroxyl groups is 1. The van der Waals surface area contributed by atoms with Crippen LogP contribution in [0.15, 0.2) is 103 Å². The molecular formula is C36H42N2O6S. The molecule has 1 fully saturated rings. The van der Waals surface area contributed by atoms with E-state index in [2.05, 4.69) is 21.8 Å². The Morgan fingerprint density at radius 3 is 2.13 bits per heavy atom. The van der Waals surface area contributed by atoms with Crippen LogP contribution in [0.1, 0.15) is 48.3 Å². The van der Waals surface area contributed by atoms with Crippen LogP contribution in [0.4, 0.5) is 5.69 Å². The molecule has 45 heavy (non-hydrogen) atoms. The van der Waals surface area contributed by atoms with E-state index in [0.29, 0.717) is 30.0 Å². The van der Waals surface area contributed by atoms with Crippen LogP contribution in [0, 0.1) is 0 Å². The van der Waals surface area contributed by atoms with E-state index in [-0.39, 0.29) is 24.7 Å². The van der Waals surface area contributed by atoms with E-state index in [1.807, 2.05) is 60.7 Å². The van der Waals surface area contributed by atoms with Crippen molar-refractivity contribution < 1.29 is 28.1 Å². The zero-order valence-electron chi connectivity index (χ0n) is 25.6. The largest absolute Gasteiger partial charge is 0.508 e. The van der Waals surface area contributed by atoms with Gasteiger partial charge in [0, 0.05) is 25.2 Å². The Kier molecular flexibility index (Phi) is 11.0. The van der Waals surface area contributed by atoms with Gasteiger partial charge in [-0.3, -0.25) is 9.62 Å². The van der Waals surface area contributed by atoms with Crippen LogP contribution in [-0.4, -0.2) is 55.1 Å². The lowest BCUT2D eigenvalue weighted by Crippen LogP contribution is -2.43. The first kappa shape index (κ1) is 32.3. The number of nitrogens with one attached hydrogen (secondary N) is 1. The Bertz CT molecular complexity index is 1590. The highest BCUT2D eigenvalue weighted by molar-refractivity contribution is 7.92. The van der Waals surface area contributed by atoms with Gasteiger partial charge in [0.05, 0.1) is 11.9 Å². The van der Waals surface area contributed by atoms with Crippen molar-refractivity contribution >= 4 is 15.7 Å². The lowest BCUT2D eigenvalue weighted by Gasteiger charge is -2.38. The van der Waals surface area contributed by atoms with E-state index in [1.54, 1.807) is 30.3 Å². The van der Waals surface area contributed by atoms with E-state index in [0.717, 1.165) is 44.0 Å². The third-order valence-electron chi connectivity index (χ3n) is 8.18. The molecule has 1 aliphatic carbocycles. The van der Waals surface area contributed by atoms with Gasteiger partial charge >= 0.3 is 0 Å². The van der Waals surface area contributed by atoms with Crippen LogP contribution in [0.2, 0.25) is 0 Å². The predicted octanol–water partition coefficient (Wildman–Crippen LogP) is 6.31. The number of rotatable bonds is 14. The van der Waals surface area contributed by atoms with Gasteiger partial charge in [0.2, 0.25) is 10.0 Å². The molecular weight excluding hydrogens is 588 g/mol. The number of phenolic OH excluding ortho intramolecular Hbond substituents is 1. The van der Waals surface area contributed by atoms with Gasteiger partial charge in [-0.1, -0.05) is 72.8 Å². The summed E-state index contributed by atoms with van der Waals surface area (Å²) in [5.41, 5.74) is 3.68. The van der Waals surface area contributed by atoms with Crippen LogP contribution >= 0.6 is 0 Å². The lowest BCUT2D eigenvalue weighted by molar-refractivity contribution is 0.0384. The molecule has 0 unspecified atom stereocenters. The summed E-state index contributed by atoms with van der Waals surface area (Å²) < 4.78 is 38.6. The molecule has 0 spiro atoms. The van der Waals surface area contributed by atoms with Crippen molar-refractivity contribution in [3.63, 3.8) is 0 Å². The number of aliphatic hydroxyl groups excluding tert-OH is 1.